The molecule has 2 heteroatoms. The van der Waals surface area contributed by atoms with E-state index >= 15 is 0 Å². The average molecular weight is 801 g/mol. The minimum absolute atomic E-state index is 0.383. The molecule has 0 N–H and O–H groups in total. The van der Waals surface area contributed by atoms with Crippen LogP contribution in [0.25, 0.3) is 50.5 Å². The van der Waals surface area contributed by atoms with Gasteiger partial charge in [0, 0.05) is 51.6 Å². The first kappa shape index (κ1) is 37.1. The van der Waals surface area contributed by atoms with E-state index in [1.54, 1.807) is 5.57 Å². The van der Waals surface area contributed by atoms with Crippen molar-refractivity contribution in [2.45, 2.75) is 69.2 Å². The van der Waals surface area contributed by atoms with Gasteiger partial charge in [0.25, 0.3) is 0 Å². The molecule has 4 atom stereocenters. The standard InChI is InChI=1S/C60H52N2/c1-4-15-41(16-5-1)44-27-31-51(32-28-44)61-58-26-13-11-24-54(58)56-39-47(30-34-59(56)61)45-21-14-22-46(35-45)48-29-33-55-53-23-10-12-25-57(53)62(60(55)40-48)52-37-49(42-17-6-2-7-18-42)36-50(38-52)43-19-8-3-9-20-43/h1-8,10-11,13-19,22-24,26-29,31-33,36-40,45-46,56,59H,9,12,20-21,25,30,34-35H2. The molecule has 2 nitrogen and oxygen atoms in total. The predicted molar refractivity (Wildman–Crippen MR) is 261 cm³/mol. The highest BCUT2D eigenvalue weighted by Gasteiger charge is 2.41. The van der Waals surface area contributed by atoms with E-state index in [0.29, 0.717) is 23.8 Å². The van der Waals surface area contributed by atoms with Gasteiger partial charge < -0.3 is 9.47 Å². The lowest BCUT2D eigenvalue weighted by Gasteiger charge is -2.36. The third kappa shape index (κ3) is 6.56. The smallest absolute Gasteiger partial charge is 0.0540 e. The lowest BCUT2D eigenvalue weighted by Crippen LogP contribution is -2.32. The number of fused-ring (bicyclic) bond motifs is 6. The number of para-hydroxylation sites is 1. The molecule has 0 fully saturated rings. The fourth-order valence-electron chi connectivity index (χ4n) is 11.6. The lowest BCUT2D eigenvalue weighted by atomic mass is 9.73. The van der Waals surface area contributed by atoms with Crippen LogP contribution in [0.3, 0.4) is 0 Å². The van der Waals surface area contributed by atoms with Gasteiger partial charge in [-0.2, -0.15) is 0 Å². The molecule has 4 aliphatic carbocycles. The molecule has 62 heavy (non-hydrogen) atoms. The number of nitrogens with zero attached hydrogens (tertiary/aromatic N) is 2. The molecule has 4 unspecified atom stereocenters. The van der Waals surface area contributed by atoms with Gasteiger partial charge >= 0.3 is 0 Å². The van der Waals surface area contributed by atoms with Crippen LogP contribution < -0.4 is 4.90 Å². The Hall–Kier alpha value is -6.64. The first-order chi connectivity index (χ1) is 30.7. The van der Waals surface area contributed by atoms with Gasteiger partial charge in [-0.1, -0.05) is 157 Å². The summed E-state index contributed by atoms with van der Waals surface area (Å²) in [7, 11) is 0. The Morgan fingerprint density at radius 2 is 1.34 bits per heavy atom. The van der Waals surface area contributed by atoms with E-state index in [9.17, 15) is 0 Å². The summed E-state index contributed by atoms with van der Waals surface area (Å²) in [6, 6.07) is 55.3. The van der Waals surface area contributed by atoms with E-state index < -0.39 is 0 Å². The van der Waals surface area contributed by atoms with Gasteiger partial charge in [0.1, 0.15) is 0 Å². The van der Waals surface area contributed by atoms with E-state index in [4.69, 9.17) is 0 Å². The zero-order chi connectivity index (χ0) is 41.0. The monoisotopic (exact) mass is 800 g/mol. The summed E-state index contributed by atoms with van der Waals surface area (Å²) in [6.07, 6.45) is 28.2. The number of anilines is 2. The topological polar surface area (TPSA) is 8.17 Å². The molecule has 5 aliphatic rings. The molecule has 302 valence electrons. The van der Waals surface area contributed by atoms with E-state index in [0.717, 1.165) is 44.9 Å². The van der Waals surface area contributed by atoms with E-state index in [1.165, 1.54) is 90.2 Å². The molecule has 0 saturated heterocycles. The highest BCUT2D eigenvalue weighted by Crippen LogP contribution is 2.52. The highest BCUT2D eigenvalue weighted by molar-refractivity contribution is 5.94. The van der Waals surface area contributed by atoms with Gasteiger partial charge in [-0.15, -0.1) is 0 Å². The number of hydrogen-bond donors (Lipinski definition) is 0. The van der Waals surface area contributed by atoms with Crippen molar-refractivity contribution < 1.29 is 0 Å². The molecular formula is C60H52N2. The molecule has 0 radical (unpaired) electrons. The number of aromatic nitrogens is 1. The van der Waals surface area contributed by atoms with Crippen molar-refractivity contribution in [3.8, 4) is 27.9 Å². The third-order valence-corrected chi connectivity index (χ3v) is 14.6. The van der Waals surface area contributed by atoms with Crippen molar-refractivity contribution in [3.05, 3.63) is 222 Å². The lowest BCUT2D eigenvalue weighted by molar-refractivity contribution is 0.455. The number of hydrogen-bond acceptors (Lipinski definition) is 1. The summed E-state index contributed by atoms with van der Waals surface area (Å²) in [5, 5.41) is 1.36. The molecule has 0 spiro atoms. The second-order valence-electron chi connectivity index (χ2n) is 18.1. The summed E-state index contributed by atoms with van der Waals surface area (Å²) in [6.45, 7) is 0. The van der Waals surface area contributed by atoms with E-state index in [-0.39, 0.29) is 0 Å². The zero-order valence-corrected chi connectivity index (χ0v) is 35.3. The summed E-state index contributed by atoms with van der Waals surface area (Å²) in [5.74, 6) is 1.34. The van der Waals surface area contributed by atoms with Crippen LogP contribution in [-0.2, 0) is 6.42 Å². The number of benzene rings is 6. The molecule has 1 aliphatic heterocycles. The van der Waals surface area contributed by atoms with Crippen LogP contribution in [0.1, 0.15) is 84.7 Å². The maximum absolute atomic E-state index is 2.70. The second kappa shape index (κ2) is 15.7. The van der Waals surface area contributed by atoms with Crippen molar-refractivity contribution in [2.75, 3.05) is 4.90 Å². The van der Waals surface area contributed by atoms with Crippen molar-refractivity contribution in [3.63, 3.8) is 0 Å². The summed E-state index contributed by atoms with van der Waals surface area (Å²) in [5.41, 5.74) is 20.5. The number of rotatable bonds is 7. The Balaban J connectivity index is 0.873. The normalized spacial score (nSPS) is 21.3. The van der Waals surface area contributed by atoms with E-state index in [2.05, 4.69) is 204 Å². The fraction of sp³-hybridized carbons (Fsp3) is 0.200. The first-order valence-electron chi connectivity index (χ1n) is 23.1. The molecule has 0 bridgehead atoms. The molecular weight excluding hydrogens is 749 g/mol. The molecule has 2 heterocycles. The van der Waals surface area contributed by atoms with Crippen LogP contribution in [0.5, 0.6) is 0 Å². The molecule has 6 aromatic carbocycles. The SMILES string of the molecule is C1=CCCC(c2cc(-c3ccccc3)cc(-n3c4c(c5ccc(C6C=CCC(C7=CC8c9ccccc9N(c9ccc(-c%10ccccc%10)cc9)C8CC7)C6)cc53)C=CCC4)c2)=C1. The first-order valence-corrected chi connectivity index (χ1v) is 23.1. The largest absolute Gasteiger partial charge is 0.337 e. The van der Waals surface area contributed by atoms with Crippen molar-refractivity contribution in [1.82, 2.24) is 4.57 Å². The molecule has 12 rings (SSSR count). The summed E-state index contributed by atoms with van der Waals surface area (Å²) in [4.78, 5) is 2.65. The van der Waals surface area contributed by atoms with Gasteiger partial charge in [-0.05, 0) is 144 Å². The van der Waals surface area contributed by atoms with Crippen LogP contribution >= 0.6 is 0 Å². The van der Waals surface area contributed by atoms with Crippen molar-refractivity contribution in [2.24, 2.45) is 5.92 Å². The maximum atomic E-state index is 2.70. The van der Waals surface area contributed by atoms with Crippen LogP contribution in [0.4, 0.5) is 11.4 Å². The Bertz CT molecular complexity index is 2970. The minimum Gasteiger partial charge on any atom is -0.337 e. The summed E-state index contributed by atoms with van der Waals surface area (Å²) >= 11 is 0. The third-order valence-electron chi connectivity index (χ3n) is 14.6. The fourth-order valence-corrected chi connectivity index (χ4v) is 11.6. The summed E-state index contributed by atoms with van der Waals surface area (Å²) < 4.78 is 2.62. The number of allylic oxidation sites excluding steroid dienone is 8. The van der Waals surface area contributed by atoms with Crippen LogP contribution in [0.15, 0.2) is 194 Å². The molecule has 7 aromatic rings. The highest BCUT2D eigenvalue weighted by atomic mass is 15.2. The van der Waals surface area contributed by atoms with Crippen molar-refractivity contribution >= 4 is 33.9 Å². The Labute approximate surface area is 366 Å². The molecule has 0 amide bonds. The Morgan fingerprint density at radius 3 is 2.16 bits per heavy atom. The van der Waals surface area contributed by atoms with Gasteiger partial charge in [0.15, 0.2) is 0 Å². The Kier molecular flexibility index (Phi) is 9.39. The molecule has 0 saturated carbocycles. The van der Waals surface area contributed by atoms with Gasteiger partial charge in [0.05, 0.1) is 5.52 Å². The van der Waals surface area contributed by atoms with Crippen LogP contribution in [0.2, 0.25) is 0 Å². The minimum atomic E-state index is 0.383. The van der Waals surface area contributed by atoms with Crippen molar-refractivity contribution in [1.29, 1.82) is 0 Å². The second-order valence-corrected chi connectivity index (χ2v) is 18.1. The van der Waals surface area contributed by atoms with Crippen LogP contribution in [0, 0.1) is 5.92 Å². The Morgan fingerprint density at radius 1 is 0.581 bits per heavy atom. The van der Waals surface area contributed by atoms with E-state index in [1.807, 2.05) is 0 Å². The quantitative estimate of drug-likeness (QED) is 0.146. The molecule has 1 aromatic heterocycles. The predicted octanol–water partition coefficient (Wildman–Crippen LogP) is 15.7. The maximum Gasteiger partial charge on any atom is 0.0540 e. The average Bonchev–Trinajstić information content (AvgIpc) is 3.87. The van der Waals surface area contributed by atoms with Gasteiger partial charge in [0.2, 0.25) is 0 Å². The van der Waals surface area contributed by atoms with Gasteiger partial charge in [-0.25, -0.2) is 0 Å². The zero-order valence-electron chi connectivity index (χ0n) is 35.3. The van der Waals surface area contributed by atoms with Gasteiger partial charge in [-0.3, -0.25) is 0 Å². The van der Waals surface area contributed by atoms with Crippen LogP contribution in [-0.4, -0.2) is 10.6 Å².